The second-order valence-electron chi connectivity index (χ2n) is 4.10. The van der Waals surface area contributed by atoms with Crippen LogP contribution >= 0.6 is 0 Å². The Balaban J connectivity index is 2.09. The molecule has 0 atom stereocenters. The highest BCUT2D eigenvalue weighted by molar-refractivity contribution is 5.19. The van der Waals surface area contributed by atoms with Crippen molar-refractivity contribution in [2.45, 2.75) is 12.6 Å². The summed E-state index contributed by atoms with van der Waals surface area (Å²) in [5.74, 6) is -3.66. The van der Waals surface area contributed by atoms with E-state index < -0.39 is 17.5 Å². The lowest BCUT2D eigenvalue weighted by molar-refractivity contribution is 0.172. The van der Waals surface area contributed by atoms with Crippen LogP contribution in [-0.4, -0.2) is 31.1 Å². The number of halogens is 3. The number of benzene rings is 1. The van der Waals surface area contributed by atoms with Gasteiger partial charge in [-0.05, 0) is 24.7 Å². The number of nitrogens with one attached hydrogen (secondary N) is 1. The summed E-state index contributed by atoms with van der Waals surface area (Å²) in [7, 11) is 1.88. The Morgan fingerprint density at radius 1 is 1.25 bits per heavy atom. The molecule has 1 fully saturated rings. The first-order valence-corrected chi connectivity index (χ1v) is 5.12. The molecule has 2 nitrogen and oxygen atoms in total. The zero-order valence-corrected chi connectivity index (χ0v) is 8.93. The van der Waals surface area contributed by atoms with Gasteiger partial charge in [0.05, 0.1) is 0 Å². The molecule has 1 aliphatic heterocycles. The first-order valence-electron chi connectivity index (χ1n) is 5.12. The van der Waals surface area contributed by atoms with Crippen molar-refractivity contribution in [1.29, 1.82) is 0 Å². The third kappa shape index (κ3) is 2.20. The maximum Gasteiger partial charge on any atom is 0.194 e. The molecular formula is C11H13F3N2. The lowest BCUT2D eigenvalue weighted by Gasteiger charge is -2.35. The molecule has 88 valence electrons. The van der Waals surface area contributed by atoms with Gasteiger partial charge in [0.15, 0.2) is 17.5 Å². The second kappa shape index (κ2) is 4.43. The summed E-state index contributed by atoms with van der Waals surface area (Å²) >= 11 is 0. The lowest BCUT2D eigenvalue weighted by Crippen LogP contribution is -2.55. The Labute approximate surface area is 92.1 Å². The van der Waals surface area contributed by atoms with Crippen LogP contribution in [0.25, 0.3) is 0 Å². The molecule has 0 amide bonds. The van der Waals surface area contributed by atoms with Crippen molar-refractivity contribution in [3.63, 3.8) is 0 Å². The molecule has 0 unspecified atom stereocenters. The topological polar surface area (TPSA) is 15.3 Å². The van der Waals surface area contributed by atoms with Crippen LogP contribution in [0.1, 0.15) is 5.56 Å². The first kappa shape index (κ1) is 11.4. The standard InChI is InChI=1S/C11H13F3N2/c1-16(8-4-15-5-8)6-7-2-9(12)11(14)10(13)3-7/h2-3,8,15H,4-6H2,1H3. The van der Waals surface area contributed by atoms with Crippen LogP contribution in [-0.2, 0) is 6.54 Å². The third-order valence-corrected chi connectivity index (χ3v) is 2.86. The summed E-state index contributed by atoms with van der Waals surface area (Å²) in [5.41, 5.74) is 0.450. The van der Waals surface area contributed by atoms with E-state index in [4.69, 9.17) is 0 Å². The highest BCUT2D eigenvalue weighted by atomic mass is 19.2. The Morgan fingerprint density at radius 2 is 1.81 bits per heavy atom. The molecule has 1 N–H and O–H groups in total. The van der Waals surface area contributed by atoms with E-state index in [0.717, 1.165) is 25.2 Å². The number of rotatable bonds is 3. The molecule has 1 aliphatic rings. The van der Waals surface area contributed by atoms with Crippen molar-refractivity contribution in [2.24, 2.45) is 0 Å². The van der Waals surface area contributed by atoms with Crippen molar-refractivity contribution in [3.05, 3.63) is 35.1 Å². The summed E-state index contributed by atoms with van der Waals surface area (Å²) in [4.78, 5) is 1.99. The van der Waals surface area contributed by atoms with Gasteiger partial charge in [0.25, 0.3) is 0 Å². The number of likely N-dealkylation sites (N-methyl/N-ethyl adjacent to an activating group) is 1. The summed E-state index contributed by atoms with van der Waals surface area (Å²) in [5, 5.41) is 3.11. The molecule has 16 heavy (non-hydrogen) atoms. The van der Waals surface area contributed by atoms with E-state index in [1.54, 1.807) is 0 Å². The van der Waals surface area contributed by atoms with Crippen molar-refractivity contribution >= 4 is 0 Å². The van der Waals surface area contributed by atoms with Gasteiger partial charge in [-0.15, -0.1) is 0 Å². The maximum atomic E-state index is 12.9. The van der Waals surface area contributed by atoms with Gasteiger partial charge in [-0.1, -0.05) is 0 Å². The van der Waals surface area contributed by atoms with Crippen molar-refractivity contribution < 1.29 is 13.2 Å². The van der Waals surface area contributed by atoms with E-state index >= 15 is 0 Å². The van der Waals surface area contributed by atoms with Crippen LogP contribution in [0.15, 0.2) is 12.1 Å². The first-order chi connectivity index (χ1) is 7.58. The van der Waals surface area contributed by atoms with Crippen LogP contribution < -0.4 is 5.32 Å². The van der Waals surface area contributed by atoms with Gasteiger partial charge in [0, 0.05) is 25.7 Å². The van der Waals surface area contributed by atoms with Gasteiger partial charge in [0.2, 0.25) is 0 Å². The van der Waals surface area contributed by atoms with E-state index in [0.29, 0.717) is 18.2 Å². The predicted molar refractivity (Wildman–Crippen MR) is 54.4 cm³/mol. The number of hydrogen-bond acceptors (Lipinski definition) is 2. The molecule has 0 spiro atoms. The van der Waals surface area contributed by atoms with Gasteiger partial charge >= 0.3 is 0 Å². The van der Waals surface area contributed by atoms with Crippen molar-refractivity contribution in [3.8, 4) is 0 Å². The van der Waals surface area contributed by atoms with Gasteiger partial charge in [-0.2, -0.15) is 0 Å². The summed E-state index contributed by atoms with van der Waals surface area (Å²) in [6.45, 7) is 2.17. The SMILES string of the molecule is CN(Cc1cc(F)c(F)c(F)c1)C1CNC1. The third-order valence-electron chi connectivity index (χ3n) is 2.86. The van der Waals surface area contributed by atoms with Gasteiger partial charge < -0.3 is 5.32 Å². The van der Waals surface area contributed by atoms with Crippen LogP contribution in [0.5, 0.6) is 0 Å². The molecule has 5 heteroatoms. The summed E-state index contributed by atoms with van der Waals surface area (Å²) < 4.78 is 38.6. The quantitative estimate of drug-likeness (QED) is 0.792. The Kier molecular flexibility index (Phi) is 3.16. The molecule has 1 heterocycles. The highest BCUT2D eigenvalue weighted by Crippen LogP contribution is 2.16. The zero-order valence-electron chi connectivity index (χ0n) is 8.93. The average molecular weight is 230 g/mol. The van der Waals surface area contributed by atoms with Gasteiger partial charge in [0.1, 0.15) is 0 Å². The van der Waals surface area contributed by atoms with E-state index in [-0.39, 0.29) is 0 Å². The van der Waals surface area contributed by atoms with Crippen LogP contribution in [0.2, 0.25) is 0 Å². The molecule has 2 rings (SSSR count). The lowest BCUT2D eigenvalue weighted by atomic mass is 10.1. The molecule has 0 aromatic heterocycles. The fourth-order valence-corrected chi connectivity index (χ4v) is 1.70. The zero-order chi connectivity index (χ0) is 11.7. The largest absolute Gasteiger partial charge is 0.314 e. The van der Waals surface area contributed by atoms with Gasteiger partial charge in [-0.25, -0.2) is 13.2 Å². The molecule has 1 saturated heterocycles. The molecule has 1 aromatic rings. The highest BCUT2D eigenvalue weighted by Gasteiger charge is 2.22. The van der Waals surface area contributed by atoms with Crippen LogP contribution in [0.3, 0.4) is 0 Å². The minimum atomic E-state index is -1.41. The monoisotopic (exact) mass is 230 g/mol. The van der Waals surface area contributed by atoms with Gasteiger partial charge in [-0.3, -0.25) is 4.90 Å². The average Bonchev–Trinajstić information content (AvgIpc) is 2.10. The Hall–Kier alpha value is -1.07. The fourth-order valence-electron chi connectivity index (χ4n) is 1.70. The number of nitrogens with zero attached hydrogens (tertiary/aromatic N) is 1. The van der Waals surface area contributed by atoms with E-state index in [9.17, 15) is 13.2 Å². The van der Waals surface area contributed by atoms with Crippen LogP contribution in [0, 0.1) is 17.5 Å². The van der Waals surface area contributed by atoms with E-state index in [1.807, 2.05) is 11.9 Å². The molecule has 0 bridgehead atoms. The Bertz CT molecular complexity index is 368. The molecule has 0 radical (unpaired) electrons. The predicted octanol–water partition coefficient (Wildman–Crippen LogP) is 1.51. The van der Waals surface area contributed by atoms with E-state index in [2.05, 4.69) is 5.32 Å². The summed E-state index contributed by atoms with van der Waals surface area (Å²) in [6, 6.07) is 2.47. The minimum absolute atomic E-state index is 0.385. The Morgan fingerprint density at radius 3 is 2.25 bits per heavy atom. The molecular weight excluding hydrogens is 217 g/mol. The fraction of sp³-hybridized carbons (Fsp3) is 0.455. The molecule has 0 saturated carbocycles. The minimum Gasteiger partial charge on any atom is -0.314 e. The normalized spacial score (nSPS) is 16.6. The molecule has 0 aliphatic carbocycles. The van der Waals surface area contributed by atoms with E-state index in [1.165, 1.54) is 0 Å². The van der Waals surface area contributed by atoms with Crippen LogP contribution in [0.4, 0.5) is 13.2 Å². The maximum absolute atomic E-state index is 12.9. The summed E-state index contributed by atoms with van der Waals surface area (Å²) in [6.07, 6.45) is 0. The second-order valence-corrected chi connectivity index (χ2v) is 4.10. The molecule has 1 aromatic carbocycles. The van der Waals surface area contributed by atoms with Crippen molar-refractivity contribution in [1.82, 2.24) is 10.2 Å². The smallest absolute Gasteiger partial charge is 0.194 e. The number of hydrogen-bond donors (Lipinski definition) is 1. The van der Waals surface area contributed by atoms with Crippen molar-refractivity contribution in [2.75, 3.05) is 20.1 Å².